The Morgan fingerprint density at radius 2 is 2.22 bits per heavy atom. The van der Waals surface area contributed by atoms with Crippen molar-refractivity contribution in [2.75, 3.05) is 14.1 Å². The normalized spacial score (nSPS) is 11.5. The Labute approximate surface area is 139 Å². The molecule has 2 heterocycles. The van der Waals surface area contributed by atoms with E-state index in [0.29, 0.717) is 27.8 Å². The van der Waals surface area contributed by atoms with Crippen molar-refractivity contribution >= 4 is 17.7 Å². The molecule has 23 heavy (non-hydrogen) atoms. The number of nitrogens with zero attached hydrogens (tertiary/aromatic N) is 5. The standard InChI is InChI=1S/C16H14ClN5O/c1-11(22(2)3)8-12(9-18)4-7-15-20-16(23-21-15)14-6-5-13(17)10-19-14/h4-8,10H,1H2,2-3H3/b7-4+,12-8+. The summed E-state index contributed by atoms with van der Waals surface area (Å²) >= 11 is 5.78. The minimum atomic E-state index is 0.279. The average molecular weight is 328 g/mol. The van der Waals surface area contributed by atoms with Crippen molar-refractivity contribution < 1.29 is 4.52 Å². The lowest BCUT2D eigenvalue weighted by Crippen LogP contribution is -2.07. The van der Waals surface area contributed by atoms with Crippen molar-refractivity contribution in [3.8, 4) is 17.7 Å². The van der Waals surface area contributed by atoms with Crippen LogP contribution in [0.25, 0.3) is 17.7 Å². The van der Waals surface area contributed by atoms with Gasteiger partial charge in [0.2, 0.25) is 0 Å². The summed E-state index contributed by atoms with van der Waals surface area (Å²) in [5.41, 5.74) is 1.67. The molecule has 7 heteroatoms. The second-order valence-electron chi connectivity index (χ2n) is 4.75. The van der Waals surface area contributed by atoms with E-state index >= 15 is 0 Å². The van der Waals surface area contributed by atoms with Gasteiger partial charge >= 0.3 is 0 Å². The van der Waals surface area contributed by atoms with Crippen LogP contribution in [0.1, 0.15) is 5.82 Å². The average Bonchev–Trinajstić information content (AvgIpc) is 3.00. The second-order valence-corrected chi connectivity index (χ2v) is 5.19. The van der Waals surface area contributed by atoms with E-state index < -0.39 is 0 Å². The van der Waals surface area contributed by atoms with Gasteiger partial charge in [0.05, 0.1) is 16.7 Å². The Kier molecular flexibility index (Phi) is 5.28. The van der Waals surface area contributed by atoms with E-state index in [-0.39, 0.29) is 5.89 Å². The molecule has 0 spiro atoms. The molecule has 0 saturated heterocycles. The molecular formula is C16H14ClN5O. The van der Waals surface area contributed by atoms with Crippen LogP contribution in [0.4, 0.5) is 0 Å². The minimum Gasteiger partial charge on any atom is -0.378 e. The molecule has 0 saturated carbocycles. The third-order valence-corrected chi connectivity index (χ3v) is 3.05. The smallest absolute Gasteiger partial charge is 0.276 e. The SMILES string of the molecule is C=C(/C=C(C#N)\C=C\c1noc(-c2ccc(Cl)cn2)n1)N(C)C. The molecule has 0 aliphatic heterocycles. The van der Waals surface area contributed by atoms with Crippen LogP contribution >= 0.6 is 11.6 Å². The Morgan fingerprint density at radius 3 is 2.83 bits per heavy atom. The van der Waals surface area contributed by atoms with E-state index in [1.165, 1.54) is 6.20 Å². The largest absolute Gasteiger partial charge is 0.378 e. The maximum Gasteiger partial charge on any atom is 0.276 e. The summed E-state index contributed by atoms with van der Waals surface area (Å²) < 4.78 is 5.13. The molecule has 2 rings (SSSR count). The lowest BCUT2D eigenvalue weighted by molar-refractivity contribution is 0.427. The first-order valence-corrected chi connectivity index (χ1v) is 6.99. The lowest BCUT2D eigenvalue weighted by Gasteiger charge is -2.11. The summed E-state index contributed by atoms with van der Waals surface area (Å²) in [5, 5.41) is 13.5. The van der Waals surface area contributed by atoms with Crippen molar-refractivity contribution in [3.63, 3.8) is 0 Å². The van der Waals surface area contributed by atoms with E-state index in [2.05, 4.69) is 27.8 Å². The van der Waals surface area contributed by atoms with Gasteiger partial charge in [0, 0.05) is 26.0 Å². The second kappa shape index (κ2) is 7.38. The first-order valence-electron chi connectivity index (χ1n) is 6.61. The maximum absolute atomic E-state index is 9.13. The molecule has 6 nitrogen and oxygen atoms in total. The molecule has 0 unspecified atom stereocenters. The summed E-state index contributed by atoms with van der Waals surface area (Å²) in [7, 11) is 3.70. The van der Waals surface area contributed by atoms with E-state index in [0.717, 1.165) is 0 Å². The zero-order valence-electron chi connectivity index (χ0n) is 12.7. The van der Waals surface area contributed by atoms with E-state index in [9.17, 15) is 0 Å². The van der Waals surface area contributed by atoms with Gasteiger partial charge in [0.15, 0.2) is 5.82 Å². The van der Waals surface area contributed by atoms with Gasteiger partial charge in [-0.25, -0.2) is 4.98 Å². The number of rotatable bonds is 5. The van der Waals surface area contributed by atoms with Crippen molar-refractivity contribution in [2.24, 2.45) is 0 Å². The van der Waals surface area contributed by atoms with Gasteiger partial charge in [0.1, 0.15) is 5.69 Å². The highest BCUT2D eigenvalue weighted by atomic mass is 35.5. The third kappa shape index (κ3) is 4.53. The van der Waals surface area contributed by atoms with Crippen molar-refractivity contribution in [1.29, 1.82) is 5.26 Å². The molecule has 2 aromatic rings. The first-order chi connectivity index (χ1) is 11.0. The molecular weight excluding hydrogens is 314 g/mol. The zero-order chi connectivity index (χ0) is 16.8. The molecule has 2 aromatic heterocycles. The van der Waals surface area contributed by atoms with Gasteiger partial charge < -0.3 is 9.42 Å². The van der Waals surface area contributed by atoms with Crippen LogP contribution in [-0.2, 0) is 0 Å². The number of nitriles is 1. The lowest BCUT2D eigenvalue weighted by atomic mass is 10.2. The van der Waals surface area contributed by atoms with Crippen LogP contribution in [0, 0.1) is 11.3 Å². The summed E-state index contributed by atoms with van der Waals surface area (Å²) in [5.74, 6) is 0.620. The molecule has 0 aliphatic carbocycles. The van der Waals surface area contributed by atoms with Gasteiger partial charge in [-0.05, 0) is 30.4 Å². The van der Waals surface area contributed by atoms with E-state index in [4.69, 9.17) is 21.4 Å². The van der Waals surface area contributed by atoms with Gasteiger partial charge in [-0.3, -0.25) is 0 Å². The number of hydrogen-bond acceptors (Lipinski definition) is 6. The molecule has 0 radical (unpaired) electrons. The summed E-state index contributed by atoms with van der Waals surface area (Å²) in [4.78, 5) is 10.1. The fourth-order valence-electron chi connectivity index (χ4n) is 1.50. The fourth-order valence-corrected chi connectivity index (χ4v) is 1.61. The number of hydrogen-bond donors (Lipinski definition) is 0. The van der Waals surface area contributed by atoms with E-state index in [1.807, 2.05) is 19.0 Å². The Balaban J connectivity index is 2.16. The van der Waals surface area contributed by atoms with Crippen LogP contribution in [0.15, 0.2) is 52.9 Å². The van der Waals surface area contributed by atoms with Gasteiger partial charge in [0.25, 0.3) is 5.89 Å². The first kappa shape index (κ1) is 16.5. The van der Waals surface area contributed by atoms with Crippen LogP contribution < -0.4 is 0 Å². The number of halogens is 1. The Morgan fingerprint density at radius 1 is 1.43 bits per heavy atom. The quantitative estimate of drug-likeness (QED) is 0.619. The maximum atomic E-state index is 9.13. The third-order valence-electron chi connectivity index (χ3n) is 2.83. The van der Waals surface area contributed by atoms with Crippen molar-refractivity contribution in [1.82, 2.24) is 20.0 Å². The highest BCUT2D eigenvalue weighted by Crippen LogP contribution is 2.17. The van der Waals surface area contributed by atoms with Crippen LogP contribution in [-0.4, -0.2) is 34.1 Å². The highest BCUT2D eigenvalue weighted by Gasteiger charge is 2.08. The summed E-state index contributed by atoms with van der Waals surface area (Å²) in [6, 6.07) is 5.45. The van der Waals surface area contributed by atoms with Gasteiger partial charge in [-0.1, -0.05) is 23.3 Å². The minimum absolute atomic E-state index is 0.279. The molecule has 0 bridgehead atoms. The van der Waals surface area contributed by atoms with E-state index in [1.54, 1.807) is 30.4 Å². The molecule has 0 aromatic carbocycles. The number of aromatic nitrogens is 3. The molecule has 0 aliphatic rings. The highest BCUT2D eigenvalue weighted by molar-refractivity contribution is 6.30. The van der Waals surface area contributed by atoms with Gasteiger partial charge in [-0.15, -0.1) is 0 Å². The Hall–Kier alpha value is -2.91. The molecule has 0 fully saturated rings. The zero-order valence-corrected chi connectivity index (χ0v) is 13.4. The Bertz CT molecular complexity index is 797. The van der Waals surface area contributed by atoms with Crippen molar-refractivity contribution in [2.45, 2.75) is 0 Å². The van der Waals surface area contributed by atoms with Crippen LogP contribution in [0.3, 0.4) is 0 Å². The van der Waals surface area contributed by atoms with Crippen LogP contribution in [0.2, 0.25) is 5.02 Å². The molecule has 0 N–H and O–H groups in total. The number of likely N-dealkylation sites (N-methyl/N-ethyl adjacent to an activating group) is 1. The molecule has 0 amide bonds. The van der Waals surface area contributed by atoms with Crippen molar-refractivity contribution in [3.05, 3.63) is 59.2 Å². The molecule has 0 atom stereocenters. The number of pyridine rings is 1. The van der Waals surface area contributed by atoms with Gasteiger partial charge in [-0.2, -0.15) is 10.2 Å². The summed E-state index contributed by atoms with van der Waals surface area (Å²) in [6.45, 7) is 3.84. The summed E-state index contributed by atoms with van der Waals surface area (Å²) in [6.07, 6.45) is 6.34. The topological polar surface area (TPSA) is 78.8 Å². The predicted octanol–water partition coefficient (Wildman–Crippen LogP) is 3.32. The monoisotopic (exact) mass is 327 g/mol. The number of allylic oxidation sites excluding steroid dienone is 3. The fraction of sp³-hybridized carbons (Fsp3) is 0.125. The predicted molar refractivity (Wildman–Crippen MR) is 88.1 cm³/mol. The molecule has 116 valence electrons. The van der Waals surface area contributed by atoms with Crippen LogP contribution in [0.5, 0.6) is 0 Å².